The first-order chi connectivity index (χ1) is 12.4. The van der Waals surface area contributed by atoms with E-state index in [9.17, 15) is 21.6 Å². The van der Waals surface area contributed by atoms with Crippen molar-refractivity contribution in [2.24, 2.45) is 0 Å². The number of para-hydroxylation sites is 1. The molecule has 0 N–H and O–H groups in total. The molecule has 26 heavy (non-hydrogen) atoms. The summed E-state index contributed by atoms with van der Waals surface area (Å²) in [5.41, 5.74) is 0.274. The van der Waals surface area contributed by atoms with Crippen molar-refractivity contribution in [3.8, 4) is 0 Å². The fourth-order valence-corrected chi connectivity index (χ4v) is 3.94. The molecule has 0 atom stereocenters. The zero-order chi connectivity index (χ0) is 18.7. The maximum Gasteiger partial charge on any atom is 0.264 e. The second-order valence-electron chi connectivity index (χ2n) is 5.54. The minimum absolute atomic E-state index is 0.00442. The van der Waals surface area contributed by atoms with Crippen LogP contribution in [0.3, 0.4) is 0 Å². The van der Waals surface area contributed by atoms with Crippen LogP contribution in [0.2, 0.25) is 0 Å². The van der Waals surface area contributed by atoms with E-state index in [4.69, 9.17) is 0 Å². The summed E-state index contributed by atoms with van der Waals surface area (Å²) in [5, 5.41) is 0. The maximum absolute atomic E-state index is 14.1. The number of halogens is 3. The Morgan fingerprint density at radius 1 is 0.769 bits per heavy atom. The molecule has 0 saturated carbocycles. The molecular weight excluding hydrogens is 363 g/mol. The number of rotatable bonds is 5. The van der Waals surface area contributed by atoms with Crippen molar-refractivity contribution in [1.29, 1.82) is 0 Å². The third kappa shape index (κ3) is 3.72. The van der Waals surface area contributed by atoms with Gasteiger partial charge in [-0.1, -0.05) is 30.3 Å². The highest BCUT2D eigenvalue weighted by molar-refractivity contribution is 7.92. The highest BCUT2D eigenvalue weighted by atomic mass is 32.2. The maximum atomic E-state index is 14.1. The summed E-state index contributed by atoms with van der Waals surface area (Å²) >= 11 is 0. The Morgan fingerprint density at radius 3 is 2.12 bits per heavy atom. The lowest BCUT2D eigenvalue weighted by Gasteiger charge is -2.25. The van der Waals surface area contributed by atoms with E-state index in [-0.39, 0.29) is 22.7 Å². The smallest absolute Gasteiger partial charge is 0.262 e. The molecule has 0 aliphatic heterocycles. The Labute approximate surface area is 149 Å². The summed E-state index contributed by atoms with van der Waals surface area (Å²) in [6, 6.07) is 15.5. The molecule has 0 amide bonds. The molecule has 0 unspecified atom stereocenters. The molecule has 3 rings (SSSR count). The van der Waals surface area contributed by atoms with Gasteiger partial charge in [0.05, 0.1) is 17.1 Å². The van der Waals surface area contributed by atoms with Crippen LogP contribution < -0.4 is 4.31 Å². The largest absolute Gasteiger partial charge is 0.264 e. The summed E-state index contributed by atoms with van der Waals surface area (Å²) in [7, 11) is -4.17. The van der Waals surface area contributed by atoms with E-state index in [0.717, 1.165) is 22.5 Å². The van der Waals surface area contributed by atoms with Gasteiger partial charge in [0.1, 0.15) is 17.5 Å². The SMILES string of the molecule is O=S(=O)(c1cccc(F)c1)N(Cc1ccc(F)cc1F)c1ccccc1. The van der Waals surface area contributed by atoms with Crippen LogP contribution >= 0.6 is 0 Å². The lowest BCUT2D eigenvalue weighted by atomic mass is 10.2. The molecule has 0 saturated heterocycles. The minimum Gasteiger partial charge on any atom is -0.262 e. The molecule has 0 spiro atoms. The molecular formula is C19H14F3NO2S. The first kappa shape index (κ1) is 18.0. The number of benzene rings is 3. The third-order valence-electron chi connectivity index (χ3n) is 3.76. The van der Waals surface area contributed by atoms with Crippen molar-refractivity contribution < 1.29 is 21.6 Å². The second kappa shape index (κ2) is 7.21. The first-order valence-electron chi connectivity index (χ1n) is 7.65. The number of hydrogen-bond donors (Lipinski definition) is 0. The van der Waals surface area contributed by atoms with Crippen LogP contribution in [0.15, 0.2) is 77.7 Å². The van der Waals surface area contributed by atoms with Crippen molar-refractivity contribution in [3.05, 3.63) is 95.8 Å². The predicted octanol–water partition coefficient (Wildman–Crippen LogP) is 4.50. The molecule has 0 radical (unpaired) electrons. The second-order valence-corrected chi connectivity index (χ2v) is 7.40. The van der Waals surface area contributed by atoms with Gasteiger partial charge in [-0.2, -0.15) is 0 Å². The van der Waals surface area contributed by atoms with Crippen LogP contribution in [0.25, 0.3) is 0 Å². The topological polar surface area (TPSA) is 37.4 Å². The van der Waals surface area contributed by atoms with Crippen LogP contribution in [0.1, 0.15) is 5.56 Å². The van der Waals surface area contributed by atoms with Crippen molar-refractivity contribution in [3.63, 3.8) is 0 Å². The van der Waals surface area contributed by atoms with E-state index in [1.54, 1.807) is 18.2 Å². The number of sulfonamides is 1. The number of anilines is 1. The van der Waals surface area contributed by atoms with Gasteiger partial charge in [0.15, 0.2) is 0 Å². The molecule has 3 aromatic carbocycles. The van der Waals surface area contributed by atoms with Gasteiger partial charge in [0.25, 0.3) is 10.0 Å². The molecule has 0 aliphatic rings. The minimum atomic E-state index is -4.17. The standard InChI is InChI=1S/C19H14F3NO2S/c20-15-5-4-8-18(11-15)26(24,25)23(17-6-2-1-3-7-17)13-14-9-10-16(21)12-19(14)22/h1-12H,13H2. The van der Waals surface area contributed by atoms with Gasteiger partial charge in [-0.25, -0.2) is 21.6 Å². The first-order valence-corrected chi connectivity index (χ1v) is 9.09. The third-order valence-corrected chi connectivity index (χ3v) is 5.53. The molecule has 0 bridgehead atoms. The fourth-order valence-electron chi connectivity index (χ4n) is 2.47. The van der Waals surface area contributed by atoms with E-state index < -0.39 is 27.5 Å². The van der Waals surface area contributed by atoms with E-state index in [1.165, 1.54) is 30.3 Å². The normalized spacial score (nSPS) is 11.3. The van der Waals surface area contributed by atoms with Crippen molar-refractivity contribution >= 4 is 15.7 Å². The van der Waals surface area contributed by atoms with E-state index in [0.29, 0.717) is 6.07 Å². The summed E-state index contributed by atoms with van der Waals surface area (Å²) in [4.78, 5) is -0.260. The van der Waals surface area contributed by atoms with Crippen LogP contribution in [-0.2, 0) is 16.6 Å². The summed E-state index contributed by atoms with van der Waals surface area (Å²) in [6.45, 7) is -0.366. The van der Waals surface area contributed by atoms with Gasteiger partial charge in [-0.3, -0.25) is 4.31 Å². The van der Waals surface area contributed by atoms with Crippen molar-refractivity contribution in [1.82, 2.24) is 0 Å². The Kier molecular flexibility index (Phi) is 4.99. The molecule has 3 nitrogen and oxygen atoms in total. The lowest BCUT2D eigenvalue weighted by molar-refractivity contribution is 0.568. The van der Waals surface area contributed by atoms with Gasteiger partial charge in [-0.05, 0) is 36.4 Å². The van der Waals surface area contributed by atoms with E-state index in [2.05, 4.69) is 0 Å². The summed E-state index contributed by atoms with van der Waals surface area (Å²) < 4.78 is 67.7. The quantitative estimate of drug-likeness (QED) is 0.657. The Hall–Kier alpha value is -2.80. The average Bonchev–Trinajstić information content (AvgIpc) is 2.61. The van der Waals surface area contributed by atoms with Crippen LogP contribution in [0.4, 0.5) is 18.9 Å². The van der Waals surface area contributed by atoms with Gasteiger partial charge in [0.2, 0.25) is 0 Å². The van der Waals surface area contributed by atoms with Gasteiger partial charge < -0.3 is 0 Å². The van der Waals surface area contributed by atoms with E-state index in [1.807, 2.05) is 0 Å². The highest BCUT2D eigenvalue weighted by Crippen LogP contribution is 2.27. The highest BCUT2D eigenvalue weighted by Gasteiger charge is 2.26. The van der Waals surface area contributed by atoms with Gasteiger partial charge >= 0.3 is 0 Å². The molecule has 0 heterocycles. The number of hydrogen-bond acceptors (Lipinski definition) is 2. The molecule has 134 valence electrons. The monoisotopic (exact) mass is 377 g/mol. The molecule has 0 fully saturated rings. The van der Waals surface area contributed by atoms with Crippen molar-refractivity contribution in [2.75, 3.05) is 4.31 Å². The Morgan fingerprint density at radius 2 is 1.46 bits per heavy atom. The Balaban J connectivity index is 2.09. The van der Waals surface area contributed by atoms with Gasteiger partial charge in [0, 0.05) is 11.6 Å². The zero-order valence-electron chi connectivity index (χ0n) is 13.4. The van der Waals surface area contributed by atoms with Crippen molar-refractivity contribution in [2.45, 2.75) is 11.4 Å². The molecule has 0 aliphatic carbocycles. The zero-order valence-corrected chi connectivity index (χ0v) is 14.3. The van der Waals surface area contributed by atoms with Crippen LogP contribution in [0.5, 0.6) is 0 Å². The molecule has 7 heteroatoms. The fraction of sp³-hybridized carbons (Fsp3) is 0.0526. The number of nitrogens with zero attached hydrogens (tertiary/aromatic N) is 1. The van der Waals surface area contributed by atoms with Crippen LogP contribution in [0, 0.1) is 17.5 Å². The van der Waals surface area contributed by atoms with E-state index >= 15 is 0 Å². The lowest BCUT2D eigenvalue weighted by Crippen LogP contribution is -2.31. The molecule has 3 aromatic rings. The average molecular weight is 377 g/mol. The summed E-state index contributed by atoms with van der Waals surface area (Å²) in [6.07, 6.45) is 0. The van der Waals surface area contributed by atoms with Gasteiger partial charge in [-0.15, -0.1) is 0 Å². The predicted molar refractivity (Wildman–Crippen MR) is 92.6 cm³/mol. The Bertz CT molecular complexity index is 1020. The summed E-state index contributed by atoms with van der Waals surface area (Å²) in [5.74, 6) is -2.32. The molecule has 0 aromatic heterocycles. The van der Waals surface area contributed by atoms with Crippen LogP contribution in [-0.4, -0.2) is 8.42 Å².